The molecule has 0 aliphatic rings. The lowest BCUT2D eigenvalue weighted by molar-refractivity contribution is 0.618. The highest BCUT2D eigenvalue weighted by molar-refractivity contribution is 5.78. The molecule has 0 fully saturated rings. The van der Waals surface area contributed by atoms with E-state index in [4.69, 9.17) is 5.26 Å². The first kappa shape index (κ1) is 10.5. The van der Waals surface area contributed by atoms with Crippen LogP contribution in [0.5, 0.6) is 0 Å². The van der Waals surface area contributed by atoms with E-state index in [-0.39, 0.29) is 5.82 Å². The van der Waals surface area contributed by atoms with Crippen LogP contribution in [0.4, 0.5) is 4.39 Å². The first-order valence-electron chi connectivity index (χ1n) is 4.40. The number of aryl methyl sites for hydroxylation is 1. The van der Waals surface area contributed by atoms with Gasteiger partial charge in [0, 0.05) is 0 Å². The summed E-state index contributed by atoms with van der Waals surface area (Å²) < 4.78 is 13.0. The fourth-order valence-corrected chi connectivity index (χ4v) is 1.27. The highest BCUT2D eigenvalue weighted by Gasteiger charge is 2.04. The van der Waals surface area contributed by atoms with Crippen molar-refractivity contribution in [3.63, 3.8) is 0 Å². The molecule has 0 aromatic heterocycles. The molecule has 14 heavy (non-hydrogen) atoms. The van der Waals surface area contributed by atoms with Crippen molar-refractivity contribution in [3.05, 3.63) is 40.7 Å². The van der Waals surface area contributed by atoms with Gasteiger partial charge in [-0.05, 0) is 44.0 Å². The largest absolute Gasteiger partial charge is 0.207 e. The van der Waals surface area contributed by atoms with E-state index in [0.29, 0.717) is 11.1 Å². The molecule has 1 nitrogen and oxygen atoms in total. The highest BCUT2D eigenvalue weighted by atomic mass is 19.1. The summed E-state index contributed by atoms with van der Waals surface area (Å²) in [6.45, 7) is 5.44. The summed E-state index contributed by atoms with van der Waals surface area (Å²) in [5.41, 5.74) is 2.91. The minimum absolute atomic E-state index is 0.236. The van der Waals surface area contributed by atoms with Crippen LogP contribution in [0.1, 0.15) is 25.0 Å². The molecule has 0 saturated carbocycles. The number of benzene rings is 1. The van der Waals surface area contributed by atoms with Gasteiger partial charge in [0.05, 0.1) is 11.6 Å². The molecule has 2 heteroatoms. The molecule has 0 saturated heterocycles. The molecule has 0 N–H and O–H groups in total. The van der Waals surface area contributed by atoms with Gasteiger partial charge in [0.25, 0.3) is 0 Å². The molecule has 0 heterocycles. The number of rotatable bonds is 1. The van der Waals surface area contributed by atoms with Gasteiger partial charge in [-0.15, -0.1) is 0 Å². The van der Waals surface area contributed by atoms with E-state index < -0.39 is 0 Å². The lowest BCUT2D eigenvalue weighted by Gasteiger charge is -2.03. The Labute approximate surface area is 83.5 Å². The van der Waals surface area contributed by atoms with E-state index in [1.807, 2.05) is 13.8 Å². The first-order chi connectivity index (χ1) is 6.56. The normalized spacial score (nSPS) is 9.36. The zero-order valence-electron chi connectivity index (χ0n) is 8.56. The van der Waals surface area contributed by atoms with Gasteiger partial charge in [-0.2, -0.15) is 5.26 Å². The minimum Gasteiger partial charge on any atom is -0.207 e. The number of allylic oxidation sites excluding steroid dienone is 2. The van der Waals surface area contributed by atoms with Gasteiger partial charge in [-0.3, -0.25) is 0 Å². The van der Waals surface area contributed by atoms with Crippen molar-refractivity contribution < 1.29 is 4.39 Å². The standard InChI is InChI=1S/C12H12FN/c1-8(2)11(7-14)10-4-5-12(13)9(3)6-10/h4-6H,1-3H3. The molecule has 0 radical (unpaired) electrons. The Kier molecular flexibility index (Phi) is 3.03. The zero-order chi connectivity index (χ0) is 10.7. The summed E-state index contributed by atoms with van der Waals surface area (Å²) in [5.74, 6) is -0.236. The Bertz CT molecular complexity index is 420. The van der Waals surface area contributed by atoms with Gasteiger partial charge in [0.2, 0.25) is 0 Å². The van der Waals surface area contributed by atoms with Crippen LogP contribution in [0.2, 0.25) is 0 Å². The van der Waals surface area contributed by atoms with Gasteiger partial charge >= 0.3 is 0 Å². The van der Waals surface area contributed by atoms with E-state index in [0.717, 1.165) is 11.1 Å². The fourth-order valence-electron chi connectivity index (χ4n) is 1.27. The molecule has 0 amide bonds. The Morgan fingerprint density at radius 3 is 2.43 bits per heavy atom. The van der Waals surface area contributed by atoms with Crippen molar-refractivity contribution in [1.29, 1.82) is 5.26 Å². The Balaban J connectivity index is 3.29. The summed E-state index contributed by atoms with van der Waals surface area (Å²) in [6, 6.07) is 6.84. The van der Waals surface area contributed by atoms with Crippen molar-refractivity contribution in [2.24, 2.45) is 0 Å². The molecule has 0 aliphatic heterocycles. The second-order valence-corrected chi connectivity index (χ2v) is 3.45. The van der Waals surface area contributed by atoms with E-state index >= 15 is 0 Å². The Morgan fingerprint density at radius 1 is 1.36 bits per heavy atom. The molecular formula is C12H12FN. The third-order valence-electron chi connectivity index (χ3n) is 2.06. The van der Waals surface area contributed by atoms with E-state index in [1.165, 1.54) is 6.07 Å². The van der Waals surface area contributed by atoms with Crippen LogP contribution in [-0.2, 0) is 0 Å². The summed E-state index contributed by atoms with van der Waals surface area (Å²) in [6.07, 6.45) is 0. The van der Waals surface area contributed by atoms with E-state index in [2.05, 4.69) is 6.07 Å². The number of halogens is 1. The molecule has 1 aromatic rings. The first-order valence-corrected chi connectivity index (χ1v) is 4.40. The molecule has 0 bridgehead atoms. The number of nitrogens with zero attached hydrogens (tertiary/aromatic N) is 1. The van der Waals surface area contributed by atoms with Crippen LogP contribution < -0.4 is 0 Å². The molecule has 0 spiro atoms. The van der Waals surface area contributed by atoms with Crippen molar-refractivity contribution in [1.82, 2.24) is 0 Å². The second kappa shape index (κ2) is 4.06. The fraction of sp³-hybridized carbons (Fsp3) is 0.250. The van der Waals surface area contributed by atoms with Crippen LogP contribution in [0.25, 0.3) is 5.57 Å². The average Bonchev–Trinajstić information content (AvgIpc) is 2.11. The molecule has 0 atom stereocenters. The Morgan fingerprint density at radius 2 is 2.00 bits per heavy atom. The van der Waals surface area contributed by atoms with Gasteiger partial charge in [-0.1, -0.05) is 11.6 Å². The predicted molar refractivity (Wildman–Crippen MR) is 55.0 cm³/mol. The molecule has 72 valence electrons. The van der Waals surface area contributed by atoms with Crippen LogP contribution in [0.3, 0.4) is 0 Å². The van der Waals surface area contributed by atoms with Gasteiger partial charge in [0.15, 0.2) is 0 Å². The predicted octanol–water partition coefficient (Wildman–Crippen LogP) is 3.45. The van der Waals surface area contributed by atoms with Crippen LogP contribution in [-0.4, -0.2) is 0 Å². The maximum atomic E-state index is 13.0. The zero-order valence-corrected chi connectivity index (χ0v) is 8.56. The molecule has 1 aromatic carbocycles. The smallest absolute Gasteiger partial charge is 0.126 e. The van der Waals surface area contributed by atoms with Gasteiger partial charge < -0.3 is 0 Å². The van der Waals surface area contributed by atoms with Crippen LogP contribution in [0, 0.1) is 24.1 Å². The number of hydrogen-bond donors (Lipinski definition) is 0. The molecule has 0 aliphatic carbocycles. The lowest BCUT2D eigenvalue weighted by atomic mass is 10.0. The maximum Gasteiger partial charge on any atom is 0.126 e. The summed E-state index contributed by atoms with van der Waals surface area (Å²) in [4.78, 5) is 0. The molecule has 0 unspecified atom stereocenters. The minimum atomic E-state index is -0.236. The SMILES string of the molecule is CC(C)=C(C#N)c1ccc(F)c(C)c1. The van der Waals surface area contributed by atoms with Crippen molar-refractivity contribution in [3.8, 4) is 6.07 Å². The molecule has 1 rings (SSSR count). The third kappa shape index (κ3) is 2.00. The van der Waals surface area contributed by atoms with Crippen molar-refractivity contribution >= 4 is 5.57 Å². The summed E-state index contributed by atoms with van der Waals surface area (Å²) >= 11 is 0. The quantitative estimate of drug-likeness (QED) is 0.621. The second-order valence-electron chi connectivity index (χ2n) is 3.45. The number of hydrogen-bond acceptors (Lipinski definition) is 1. The number of nitriles is 1. The third-order valence-corrected chi connectivity index (χ3v) is 2.06. The lowest BCUT2D eigenvalue weighted by Crippen LogP contribution is -1.88. The topological polar surface area (TPSA) is 23.8 Å². The highest BCUT2D eigenvalue weighted by Crippen LogP contribution is 2.20. The van der Waals surface area contributed by atoms with E-state index in [1.54, 1.807) is 19.1 Å². The average molecular weight is 189 g/mol. The monoisotopic (exact) mass is 189 g/mol. The summed E-state index contributed by atoms with van der Waals surface area (Å²) in [5, 5.41) is 8.91. The van der Waals surface area contributed by atoms with Crippen molar-refractivity contribution in [2.45, 2.75) is 20.8 Å². The van der Waals surface area contributed by atoms with Crippen LogP contribution in [0.15, 0.2) is 23.8 Å². The van der Waals surface area contributed by atoms with Gasteiger partial charge in [-0.25, -0.2) is 4.39 Å². The summed E-state index contributed by atoms with van der Waals surface area (Å²) in [7, 11) is 0. The van der Waals surface area contributed by atoms with E-state index in [9.17, 15) is 4.39 Å². The Hall–Kier alpha value is -1.62. The van der Waals surface area contributed by atoms with Crippen LogP contribution >= 0.6 is 0 Å². The van der Waals surface area contributed by atoms with Crippen molar-refractivity contribution in [2.75, 3.05) is 0 Å². The molecular weight excluding hydrogens is 177 g/mol. The maximum absolute atomic E-state index is 13.0. The van der Waals surface area contributed by atoms with Gasteiger partial charge in [0.1, 0.15) is 5.82 Å².